The number of hydrogen-bond acceptors (Lipinski definition) is 1. The van der Waals surface area contributed by atoms with Crippen LogP contribution in [0.4, 0.5) is 0 Å². The van der Waals surface area contributed by atoms with Crippen LogP contribution in [0.1, 0.15) is 37.4 Å². The molecular weight excluding hydrogens is 326 g/mol. The fraction of sp³-hybridized carbons (Fsp3) is 0.353. The summed E-state index contributed by atoms with van der Waals surface area (Å²) in [5.41, 5.74) is 2.39. The van der Waals surface area contributed by atoms with Gasteiger partial charge in [-0.25, -0.2) is 0 Å². The Morgan fingerprint density at radius 1 is 1.10 bits per heavy atom. The Balaban J connectivity index is 1.61. The molecule has 0 radical (unpaired) electrons. The maximum Gasteiger partial charge on any atom is 0.0821 e. The lowest BCUT2D eigenvalue weighted by Crippen LogP contribution is -2.06. The molecule has 0 spiro atoms. The zero-order chi connectivity index (χ0) is 14.2. The molecule has 1 saturated carbocycles. The van der Waals surface area contributed by atoms with Crippen LogP contribution in [0.15, 0.2) is 47.2 Å². The Morgan fingerprint density at radius 3 is 2.81 bits per heavy atom. The minimum atomic E-state index is 0.620. The zero-order valence-electron chi connectivity index (χ0n) is 11.9. The standard InChI is InChI=1S/C17H18BrN3/c18-16-6-3-7-17-15(16)9-10-20(17)12-13-8-11-21(19-13)14-4-1-2-5-14/h3,6-11,14H,1-2,4-5,12H2. The van der Waals surface area contributed by atoms with Crippen molar-refractivity contribution in [2.75, 3.05) is 0 Å². The summed E-state index contributed by atoms with van der Waals surface area (Å²) in [5.74, 6) is 0. The van der Waals surface area contributed by atoms with Gasteiger partial charge in [-0.3, -0.25) is 4.68 Å². The van der Waals surface area contributed by atoms with E-state index in [4.69, 9.17) is 5.10 Å². The van der Waals surface area contributed by atoms with Crippen LogP contribution in [0.3, 0.4) is 0 Å². The van der Waals surface area contributed by atoms with Gasteiger partial charge in [-0.05, 0) is 37.1 Å². The quantitative estimate of drug-likeness (QED) is 0.671. The van der Waals surface area contributed by atoms with Gasteiger partial charge in [-0.1, -0.05) is 34.8 Å². The Hall–Kier alpha value is -1.55. The van der Waals surface area contributed by atoms with Crippen molar-refractivity contribution in [2.24, 2.45) is 0 Å². The van der Waals surface area contributed by atoms with E-state index in [0.717, 1.165) is 16.7 Å². The molecule has 108 valence electrons. The molecular formula is C17H18BrN3. The molecule has 2 aromatic heterocycles. The third-order valence-corrected chi connectivity index (χ3v) is 5.15. The van der Waals surface area contributed by atoms with E-state index in [1.165, 1.54) is 36.6 Å². The van der Waals surface area contributed by atoms with Gasteiger partial charge < -0.3 is 4.57 Å². The molecule has 0 saturated heterocycles. The van der Waals surface area contributed by atoms with Crippen molar-refractivity contribution in [3.63, 3.8) is 0 Å². The fourth-order valence-corrected chi connectivity index (χ4v) is 3.82. The molecule has 1 aliphatic rings. The van der Waals surface area contributed by atoms with E-state index in [0.29, 0.717) is 6.04 Å². The largest absolute Gasteiger partial charge is 0.341 e. The summed E-state index contributed by atoms with van der Waals surface area (Å²) < 4.78 is 5.58. The van der Waals surface area contributed by atoms with Crippen molar-refractivity contribution in [2.45, 2.75) is 38.3 Å². The highest BCUT2D eigenvalue weighted by Crippen LogP contribution is 2.29. The molecule has 1 aromatic carbocycles. The minimum Gasteiger partial charge on any atom is -0.341 e. The molecule has 0 unspecified atom stereocenters. The molecule has 2 heterocycles. The van der Waals surface area contributed by atoms with E-state index in [-0.39, 0.29) is 0 Å². The molecule has 3 aromatic rings. The lowest BCUT2D eigenvalue weighted by Gasteiger charge is -2.09. The van der Waals surface area contributed by atoms with Crippen LogP contribution in [0, 0.1) is 0 Å². The summed E-state index contributed by atoms with van der Waals surface area (Å²) in [6.45, 7) is 0.833. The molecule has 0 bridgehead atoms. The topological polar surface area (TPSA) is 22.8 Å². The lowest BCUT2D eigenvalue weighted by molar-refractivity contribution is 0.462. The predicted molar refractivity (Wildman–Crippen MR) is 88.5 cm³/mol. The molecule has 3 nitrogen and oxygen atoms in total. The average molecular weight is 344 g/mol. The summed E-state index contributed by atoms with van der Waals surface area (Å²) >= 11 is 3.61. The second kappa shape index (κ2) is 5.34. The molecule has 1 aliphatic carbocycles. The van der Waals surface area contributed by atoms with Crippen LogP contribution in [-0.4, -0.2) is 14.3 Å². The number of hydrogen-bond donors (Lipinski definition) is 0. The molecule has 0 amide bonds. The molecule has 0 aliphatic heterocycles. The molecule has 0 N–H and O–H groups in total. The van der Waals surface area contributed by atoms with Crippen molar-refractivity contribution >= 4 is 26.8 Å². The van der Waals surface area contributed by atoms with Gasteiger partial charge in [0.2, 0.25) is 0 Å². The van der Waals surface area contributed by atoms with E-state index in [2.05, 4.69) is 67.9 Å². The average Bonchev–Trinajstić information content (AvgIpc) is 3.20. The number of benzene rings is 1. The molecule has 0 atom stereocenters. The summed E-state index contributed by atoms with van der Waals surface area (Å²) in [4.78, 5) is 0. The first-order chi connectivity index (χ1) is 10.3. The van der Waals surface area contributed by atoms with Gasteiger partial charge in [0.1, 0.15) is 0 Å². The maximum atomic E-state index is 4.78. The van der Waals surface area contributed by atoms with Gasteiger partial charge in [0, 0.05) is 27.8 Å². The van der Waals surface area contributed by atoms with Gasteiger partial charge >= 0.3 is 0 Å². The highest BCUT2D eigenvalue weighted by atomic mass is 79.9. The minimum absolute atomic E-state index is 0.620. The van der Waals surface area contributed by atoms with Gasteiger partial charge in [-0.2, -0.15) is 5.10 Å². The van der Waals surface area contributed by atoms with Crippen molar-refractivity contribution in [3.8, 4) is 0 Å². The van der Waals surface area contributed by atoms with Crippen molar-refractivity contribution in [1.82, 2.24) is 14.3 Å². The number of rotatable bonds is 3. The Morgan fingerprint density at radius 2 is 1.95 bits per heavy atom. The van der Waals surface area contributed by atoms with Crippen LogP contribution >= 0.6 is 15.9 Å². The van der Waals surface area contributed by atoms with Gasteiger partial charge in [-0.15, -0.1) is 0 Å². The molecule has 1 fully saturated rings. The van der Waals surface area contributed by atoms with Crippen LogP contribution in [0.5, 0.6) is 0 Å². The van der Waals surface area contributed by atoms with Crippen molar-refractivity contribution in [3.05, 3.63) is 52.9 Å². The second-order valence-electron chi connectivity index (χ2n) is 5.84. The lowest BCUT2D eigenvalue weighted by atomic mass is 10.2. The van der Waals surface area contributed by atoms with E-state index < -0.39 is 0 Å². The van der Waals surface area contributed by atoms with E-state index >= 15 is 0 Å². The summed E-state index contributed by atoms with van der Waals surface area (Å²) in [7, 11) is 0. The molecule has 21 heavy (non-hydrogen) atoms. The predicted octanol–water partition coefficient (Wildman–Crippen LogP) is 4.76. The number of nitrogens with zero attached hydrogens (tertiary/aromatic N) is 3. The normalized spacial score (nSPS) is 16.0. The summed E-state index contributed by atoms with van der Waals surface area (Å²) in [6, 6.07) is 11.3. The third-order valence-electron chi connectivity index (χ3n) is 4.46. The number of fused-ring (bicyclic) bond motifs is 1. The van der Waals surface area contributed by atoms with Crippen molar-refractivity contribution in [1.29, 1.82) is 0 Å². The highest BCUT2D eigenvalue weighted by Gasteiger charge is 2.17. The monoisotopic (exact) mass is 343 g/mol. The van der Waals surface area contributed by atoms with E-state index in [1.54, 1.807) is 0 Å². The number of halogens is 1. The van der Waals surface area contributed by atoms with Crippen LogP contribution in [-0.2, 0) is 6.54 Å². The van der Waals surface area contributed by atoms with E-state index in [9.17, 15) is 0 Å². The first kappa shape index (κ1) is 13.1. The van der Waals surface area contributed by atoms with Crippen molar-refractivity contribution < 1.29 is 0 Å². The van der Waals surface area contributed by atoms with Crippen LogP contribution in [0.25, 0.3) is 10.9 Å². The number of aromatic nitrogens is 3. The molecule has 4 rings (SSSR count). The second-order valence-corrected chi connectivity index (χ2v) is 6.70. The highest BCUT2D eigenvalue weighted by molar-refractivity contribution is 9.10. The first-order valence-corrected chi connectivity index (χ1v) is 8.38. The maximum absolute atomic E-state index is 4.78. The smallest absolute Gasteiger partial charge is 0.0821 e. The Kier molecular flexibility index (Phi) is 3.34. The first-order valence-electron chi connectivity index (χ1n) is 7.59. The fourth-order valence-electron chi connectivity index (χ4n) is 3.33. The van der Waals surface area contributed by atoms with Crippen LogP contribution in [0.2, 0.25) is 0 Å². The van der Waals surface area contributed by atoms with Gasteiger partial charge in [0.25, 0.3) is 0 Å². The van der Waals surface area contributed by atoms with E-state index in [1.807, 2.05) is 0 Å². The van der Waals surface area contributed by atoms with Crippen LogP contribution < -0.4 is 0 Å². The third kappa shape index (κ3) is 2.42. The summed E-state index contributed by atoms with van der Waals surface area (Å²) in [5, 5.41) is 6.04. The molecule has 4 heteroatoms. The zero-order valence-corrected chi connectivity index (χ0v) is 13.5. The Labute approximate surface area is 132 Å². The van der Waals surface area contributed by atoms with Gasteiger partial charge in [0.15, 0.2) is 0 Å². The summed E-state index contributed by atoms with van der Waals surface area (Å²) in [6.07, 6.45) is 9.53. The van der Waals surface area contributed by atoms with Gasteiger partial charge in [0.05, 0.1) is 18.3 Å². The Bertz CT molecular complexity index is 765. The SMILES string of the molecule is Brc1cccc2c1ccn2Cc1ccn(C2CCCC2)n1.